The van der Waals surface area contributed by atoms with E-state index >= 15 is 0 Å². The summed E-state index contributed by atoms with van der Waals surface area (Å²) < 4.78 is 5.24. The summed E-state index contributed by atoms with van der Waals surface area (Å²) in [6, 6.07) is 8.36. The van der Waals surface area contributed by atoms with Crippen LogP contribution >= 0.6 is 24.8 Å². The lowest BCUT2D eigenvalue weighted by Crippen LogP contribution is -2.42. The van der Waals surface area contributed by atoms with Crippen molar-refractivity contribution in [1.29, 1.82) is 0 Å². The van der Waals surface area contributed by atoms with Crippen molar-refractivity contribution in [2.24, 2.45) is 11.7 Å². The van der Waals surface area contributed by atoms with Crippen LogP contribution in [0.25, 0.3) is 0 Å². The van der Waals surface area contributed by atoms with E-state index < -0.39 is 0 Å². The van der Waals surface area contributed by atoms with Crippen LogP contribution in [0.5, 0.6) is 5.75 Å². The fourth-order valence-corrected chi connectivity index (χ4v) is 2.99. The van der Waals surface area contributed by atoms with Gasteiger partial charge in [-0.15, -0.1) is 24.8 Å². The number of benzene rings is 1. The first-order valence-corrected chi connectivity index (χ1v) is 8.51. The highest BCUT2D eigenvalue weighted by molar-refractivity contribution is 5.85. The van der Waals surface area contributed by atoms with E-state index in [4.69, 9.17) is 10.5 Å². The topological polar surface area (TPSA) is 67.6 Å². The minimum atomic E-state index is -0.145. The maximum Gasteiger partial charge on any atom is 0.224 e. The second-order valence-electron chi connectivity index (χ2n) is 6.27. The summed E-state index contributed by atoms with van der Waals surface area (Å²) in [4.78, 5) is 14.5. The number of nitrogens with two attached hydrogens (primary N) is 1. The molecule has 0 bridgehead atoms. The summed E-state index contributed by atoms with van der Waals surface area (Å²) in [7, 11) is 1.67. The molecule has 5 nitrogen and oxygen atoms in total. The number of carbonyl (C=O) groups is 1. The van der Waals surface area contributed by atoms with Crippen LogP contribution in [0.1, 0.15) is 37.8 Å². The zero-order valence-electron chi connectivity index (χ0n) is 15.1. The molecule has 0 spiro atoms. The molecule has 0 radical (unpaired) electrons. The fraction of sp³-hybridized carbons (Fsp3) is 0.611. The molecule has 3 N–H and O–H groups in total. The van der Waals surface area contributed by atoms with Crippen molar-refractivity contribution in [1.82, 2.24) is 10.2 Å². The van der Waals surface area contributed by atoms with Crippen molar-refractivity contribution < 1.29 is 9.53 Å². The first-order chi connectivity index (χ1) is 11.2. The number of carbonyl (C=O) groups excluding carboxylic acids is 1. The monoisotopic (exact) mass is 391 g/mol. The molecule has 1 saturated heterocycles. The number of nitrogens with one attached hydrogen (secondary N) is 1. The van der Waals surface area contributed by atoms with E-state index in [0.717, 1.165) is 18.8 Å². The largest absolute Gasteiger partial charge is 0.497 e. The summed E-state index contributed by atoms with van der Waals surface area (Å²) >= 11 is 0. The molecular formula is C18H31Cl2N3O2. The lowest BCUT2D eigenvalue weighted by atomic mass is 10.0. The molecule has 1 heterocycles. The first-order valence-electron chi connectivity index (χ1n) is 8.51. The van der Waals surface area contributed by atoms with E-state index in [0.29, 0.717) is 13.1 Å². The summed E-state index contributed by atoms with van der Waals surface area (Å²) in [5.41, 5.74) is 6.80. The number of methoxy groups -OCH3 is 1. The van der Waals surface area contributed by atoms with Gasteiger partial charge in [0.2, 0.25) is 5.91 Å². The van der Waals surface area contributed by atoms with E-state index in [9.17, 15) is 4.79 Å². The first kappa shape index (κ1) is 24.0. The van der Waals surface area contributed by atoms with Crippen molar-refractivity contribution in [3.05, 3.63) is 29.8 Å². The van der Waals surface area contributed by atoms with E-state index in [-0.39, 0.29) is 42.7 Å². The van der Waals surface area contributed by atoms with E-state index in [1.165, 1.54) is 24.8 Å². The maximum absolute atomic E-state index is 12.1. The van der Waals surface area contributed by atoms with Crippen molar-refractivity contribution in [2.75, 3.05) is 33.3 Å². The van der Waals surface area contributed by atoms with Gasteiger partial charge in [0.05, 0.1) is 13.2 Å². The normalized spacial score (nSPS) is 16.8. The molecule has 1 aliphatic heterocycles. The number of ether oxygens (including phenoxy) is 1. The second-order valence-corrected chi connectivity index (χ2v) is 6.27. The van der Waals surface area contributed by atoms with Crippen molar-refractivity contribution in [2.45, 2.75) is 32.2 Å². The Labute approximate surface area is 163 Å². The Kier molecular flexibility index (Phi) is 11.9. The lowest BCUT2D eigenvalue weighted by molar-refractivity contribution is -0.124. The molecule has 0 saturated carbocycles. The molecule has 1 aliphatic rings. The highest BCUT2D eigenvalue weighted by Crippen LogP contribution is 2.25. The van der Waals surface area contributed by atoms with Gasteiger partial charge < -0.3 is 15.8 Å². The fourth-order valence-electron chi connectivity index (χ4n) is 2.99. The zero-order chi connectivity index (χ0) is 16.7. The van der Waals surface area contributed by atoms with Gasteiger partial charge in [0.25, 0.3) is 0 Å². The smallest absolute Gasteiger partial charge is 0.224 e. The Balaban J connectivity index is 0.00000288. The SMILES string of the molecule is COc1ccc(C(CNC(=O)C(C)CN)N2CCCCC2)cc1.Cl.Cl. The van der Waals surface area contributed by atoms with Crippen molar-refractivity contribution >= 4 is 30.7 Å². The molecule has 2 atom stereocenters. The molecule has 0 aromatic heterocycles. The predicted octanol–water partition coefficient (Wildman–Crippen LogP) is 2.78. The Morgan fingerprint density at radius 1 is 1.20 bits per heavy atom. The highest BCUT2D eigenvalue weighted by Gasteiger charge is 2.23. The average Bonchev–Trinajstić information content (AvgIpc) is 2.62. The van der Waals surface area contributed by atoms with Gasteiger partial charge in [-0.3, -0.25) is 9.69 Å². The summed E-state index contributed by atoms with van der Waals surface area (Å²) in [5, 5.41) is 3.07. The Morgan fingerprint density at radius 2 is 1.80 bits per heavy atom. The Hall–Kier alpha value is -1.01. The number of halogens is 2. The Morgan fingerprint density at radius 3 is 2.32 bits per heavy atom. The number of piperidine rings is 1. The van der Waals surface area contributed by atoms with Crippen LogP contribution in [0.3, 0.4) is 0 Å². The summed E-state index contributed by atoms with van der Waals surface area (Å²) in [6.07, 6.45) is 3.74. The molecule has 2 rings (SSSR count). The second kappa shape index (κ2) is 12.4. The molecule has 1 fully saturated rings. The summed E-state index contributed by atoms with van der Waals surface area (Å²) in [5.74, 6) is 0.739. The van der Waals surface area contributed by atoms with Gasteiger partial charge in [0, 0.05) is 19.0 Å². The van der Waals surface area contributed by atoms with Crippen LogP contribution < -0.4 is 15.8 Å². The van der Waals surface area contributed by atoms with Crippen molar-refractivity contribution in [3.63, 3.8) is 0 Å². The van der Waals surface area contributed by atoms with Crippen LogP contribution in [0.4, 0.5) is 0 Å². The molecule has 1 amide bonds. The minimum absolute atomic E-state index is 0. The van der Waals surface area contributed by atoms with Gasteiger partial charge in [0.1, 0.15) is 5.75 Å². The lowest BCUT2D eigenvalue weighted by Gasteiger charge is -2.35. The highest BCUT2D eigenvalue weighted by atomic mass is 35.5. The number of hydrogen-bond acceptors (Lipinski definition) is 4. The number of amides is 1. The van der Waals surface area contributed by atoms with Crippen LogP contribution in [-0.2, 0) is 4.79 Å². The molecule has 7 heteroatoms. The van der Waals surface area contributed by atoms with Crippen molar-refractivity contribution in [3.8, 4) is 5.75 Å². The number of nitrogens with zero attached hydrogens (tertiary/aromatic N) is 1. The quantitative estimate of drug-likeness (QED) is 0.749. The van der Waals surface area contributed by atoms with Gasteiger partial charge in [-0.1, -0.05) is 25.5 Å². The van der Waals surface area contributed by atoms with Crippen LogP contribution in [0.2, 0.25) is 0 Å². The third-order valence-corrected chi connectivity index (χ3v) is 4.60. The van der Waals surface area contributed by atoms with Gasteiger partial charge >= 0.3 is 0 Å². The van der Waals surface area contributed by atoms with Gasteiger partial charge in [-0.05, 0) is 43.6 Å². The van der Waals surface area contributed by atoms with Crippen LogP contribution in [0.15, 0.2) is 24.3 Å². The standard InChI is InChI=1S/C18H29N3O2.2ClH/c1-14(12-19)18(22)20-13-17(21-10-4-3-5-11-21)15-6-8-16(23-2)9-7-15;;/h6-9,14,17H,3-5,10-13,19H2,1-2H3,(H,20,22);2*1H. The van der Waals surface area contributed by atoms with Gasteiger partial charge in [0.15, 0.2) is 0 Å². The van der Waals surface area contributed by atoms with E-state index in [2.05, 4.69) is 22.3 Å². The van der Waals surface area contributed by atoms with Gasteiger partial charge in [-0.2, -0.15) is 0 Å². The summed E-state index contributed by atoms with van der Waals surface area (Å²) in [6.45, 7) is 5.02. The van der Waals surface area contributed by atoms with E-state index in [1.54, 1.807) is 7.11 Å². The maximum atomic E-state index is 12.1. The zero-order valence-corrected chi connectivity index (χ0v) is 16.7. The third kappa shape index (κ3) is 7.02. The van der Waals surface area contributed by atoms with Crippen LogP contribution in [0, 0.1) is 5.92 Å². The molecule has 1 aromatic rings. The minimum Gasteiger partial charge on any atom is -0.497 e. The average molecular weight is 392 g/mol. The molecule has 1 aromatic carbocycles. The predicted molar refractivity (Wildman–Crippen MR) is 107 cm³/mol. The number of likely N-dealkylation sites (tertiary alicyclic amines) is 1. The molecule has 2 unspecified atom stereocenters. The molecular weight excluding hydrogens is 361 g/mol. The number of rotatable bonds is 7. The van der Waals surface area contributed by atoms with E-state index in [1.807, 2.05) is 19.1 Å². The molecule has 0 aliphatic carbocycles. The number of hydrogen-bond donors (Lipinski definition) is 2. The van der Waals surface area contributed by atoms with Gasteiger partial charge in [-0.25, -0.2) is 0 Å². The van der Waals surface area contributed by atoms with Crippen LogP contribution in [-0.4, -0.2) is 44.1 Å². The molecule has 25 heavy (non-hydrogen) atoms. The third-order valence-electron chi connectivity index (χ3n) is 4.60. The Bertz CT molecular complexity index is 494. The molecule has 144 valence electrons.